The van der Waals surface area contributed by atoms with Gasteiger partial charge in [-0.25, -0.2) is 4.68 Å². The second-order valence-electron chi connectivity index (χ2n) is 4.62. The molecular formula is C15H22N4O2S. The maximum Gasteiger partial charge on any atom is 0.214 e. The molecule has 0 radical (unpaired) electrons. The first kappa shape index (κ1) is 16.4. The highest BCUT2D eigenvalue weighted by atomic mass is 32.1. The third-order valence-electron chi connectivity index (χ3n) is 3.11. The molecule has 6 nitrogen and oxygen atoms in total. The lowest BCUT2D eigenvalue weighted by molar-refractivity contribution is 0.287. The molecule has 1 aromatic carbocycles. The molecule has 0 bridgehead atoms. The average molecular weight is 322 g/mol. The second-order valence-corrected chi connectivity index (χ2v) is 5.00. The third kappa shape index (κ3) is 3.79. The summed E-state index contributed by atoms with van der Waals surface area (Å²) in [5.41, 5.74) is 4.35. The van der Waals surface area contributed by atoms with Gasteiger partial charge >= 0.3 is 0 Å². The number of nitrogens with one attached hydrogen (secondary N) is 2. The van der Waals surface area contributed by atoms with Crippen LogP contribution in [0.2, 0.25) is 0 Å². The number of nitrogens with zero attached hydrogens (tertiary/aromatic N) is 2. The molecule has 22 heavy (non-hydrogen) atoms. The highest BCUT2D eigenvalue weighted by Gasteiger charge is 2.07. The van der Waals surface area contributed by atoms with Crippen LogP contribution in [0.15, 0.2) is 18.2 Å². The van der Waals surface area contributed by atoms with E-state index in [1.807, 2.05) is 39.0 Å². The summed E-state index contributed by atoms with van der Waals surface area (Å²) in [6.07, 6.45) is 0.799. The Morgan fingerprint density at radius 3 is 2.59 bits per heavy atom. The van der Waals surface area contributed by atoms with E-state index in [4.69, 9.17) is 21.7 Å². The molecular weight excluding hydrogens is 300 g/mol. The molecule has 0 saturated heterocycles. The molecule has 0 amide bonds. The van der Waals surface area contributed by atoms with E-state index in [-0.39, 0.29) is 0 Å². The van der Waals surface area contributed by atoms with Crippen LogP contribution < -0.4 is 14.9 Å². The van der Waals surface area contributed by atoms with E-state index in [2.05, 4.69) is 15.6 Å². The third-order valence-corrected chi connectivity index (χ3v) is 3.38. The van der Waals surface area contributed by atoms with Gasteiger partial charge in [-0.05, 0) is 43.8 Å². The van der Waals surface area contributed by atoms with Gasteiger partial charge in [0.25, 0.3) is 0 Å². The van der Waals surface area contributed by atoms with E-state index < -0.39 is 0 Å². The minimum atomic E-state index is 0.563. The van der Waals surface area contributed by atoms with Crippen molar-refractivity contribution in [1.29, 1.82) is 0 Å². The fourth-order valence-corrected chi connectivity index (χ4v) is 2.32. The molecule has 0 fully saturated rings. The van der Waals surface area contributed by atoms with E-state index in [1.54, 1.807) is 4.68 Å². The van der Waals surface area contributed by atoms with Crippen LogP contribution in [0.4, 0.5) is 0 Å². The molecule has 0 spiro atoms. The van der Waals surface area contributed by atoms with Crippen LogP contribution >= 0.6 is 12.2 Å². The molecule has 2 N–H and O–H groups in total. The predicted octanol–water partition coefficient (Wildman–Crippen LogP) is 3.04. The SMILES string of the molecule is CCOc1ccc(CNn2c(CC)n[nH]c2=S)cc1OCC. The second kappa shape index (κ2) is 7.84. The summed E-state index contributed by atoms with van der Waals surface area (Å²) < 4.78 is 13.6. The van der Waals surface area contributed by atoms with Crippen LogP contribution in [0.5, 0.6) is 11.5 Å². The number of hydrogen-bond acceptors (Lipinski definition) is 5. The van der Waals surface area contributed by atoms with Crippen LogP contribution in [-0.4, -0.2) is 28.1 Å². The Morgan fingerprint density at radius 1 is 1.18 bits per heavy atom. The van der Waals surface area contributed by atoms with E-state index in [9.17, 15) is 0 Å². The highest BCUT2D eigenvalue weighted by molar-refractivity contribution is 7.71. The van der Waals surface area contributed by atoms with Gasteiger partial charge in [0.1, 0.15) is 0 Å². The molecule has 1 heterocycles. The van der Waals surface area contributed by atoms with Crippen LogP contribution in [0, 0.1) is 4.77 Å². The van der Waals surface area contributed by atoms with Crippen molar-refractivity contribution in [2.45, 2.75) is 33.7 Å². The molecule has 0 aliphatic carbocycles. The van der Waals surface area contributed by atoms with E-state index in [0.717, 1.165) is 29.3 Å². The first-order chi connectivity index (χ1) is 10.7. The number of H-pyrrole nitrogens is 1. The topological polar surface area (TPSA) is 64.1 Å². The summed E-state index contributed by atoms with van der Waals surface area (Å²) in [6, 6.07) is 5.92. The number of benzene rings is 1. The molecule has 0 saturated carbocycles. The maximum absolute atomic E-state index is 5.64. The number of hydrogen-bond donors (Lipinski definition) is 2. The average Bonchev–Trinajstić information content (AvgIpc) is 2.88. The summed E-state index contributed by atoms with van der Waals surface area (Å²) in [6.45, 7) is 7.78. The minimum absolute atomic E-state index is 0.563. The Bertz CT molecular complexity index is 666. The van der Waals surface area contributed by atoms with E-state index >= 15 is 0 Å². The Kier molecular flexibility index (Phi) is 5.83. The number of aromatic nitrogens is 3. The van der Waals surface area contributed by atoms with Crippen LogP contribution in [0.3, 0.4) is 0 Å². The van der Waals surface area contributed by atoms with E-state index in [1.165, 1.54) is 0 Å². The standard InChI is InChI=1S/C15H22N4O2S/c1-4-14-17-18-15(22)19(14)16-10-11-7-8-12(20-5-2)13(9-11)21-6-3/h7-9,16H,4-6,10H2,1-3H3,(H,18,22). The van der Waals surface area contributed by atoms with Gasteiger partial charge < -0.3 is 14.9 Å². The molecule has 2 aromatic rings. The largest absolute Gasteiger partial charge is 0.490 e. The quantitative estimate of drug-likeness (QED) is 0.731. The lowest BCUT2D eigenvalue weighted by Gasteiger charge is -2.14. The molecule has 0 aliphatic heterocycles. The van der Waals surface area contributed by atoms with Crippen molar-refractivity contribution in [2.75, 3.05) is 18.6 Å². The molecule has 0 atom stereocenters. The summed E-state index contributed by atoms with van der Waals surface area (Å²) in [5.74, 6) is 2.40. The first-order valence-electron chi connectivity index (χ1n) is 7.48. The molecule has 0 aliphatic rings. The smallest absolute Gasteiger partial charge is 0.214 e. The number of aryl methyl sites for hydroxylation is 1. The van der Waals surface area contributed by atoms with Gasteiger partial charge in [0.05, 0.1) is 19.8 Å². The van der Waals surface area contributed by atoms with Gasteiger partial charge in [-0.1, -0.05) is 13.0 Å². The molecule has 1 aromatic heterocycles. The van der Waals surface area contributed by atoms with Crippen molar-refractivity contribution in [2.24, 2.45) is 0 Å². The van der Waals surface area contributed by atoms with Crippen LogP contribution in [-0.2, 0) is 13.0 Å². The predicted molar refractivity (Wildman–Crippen MR) is 88.6 cm³/mol. The van der Waals surface area contributed by atoms with Crippen molar-refractivity contribution >= 4 is 12.2 Å². The summed E-state index contributed by atoms with van der Waals surface area (Å²) in [7, 11) is 0. The normalized spacial score (nSPS) is 10.5. The first-order valence-corrected chi connectivity index (χ1v) is 7.89. The fourth-order valence-electron chi connectivity index (χ4n) is 2.11. The number of ether oxygens (including phenoxy) is 2. The van der Waals surface area contributed by atoms with Gasteiger partial charge in [0, 0.05) is 6.42 Å². The summed E-state index contributed by atoms with van der Waals surface area (Å²) in [5, 5.41) is 6.96. The van der Waals surface area contributed by atoms with Crippen LogP contribution in [0.25, 0.3) is 0 Å². The van der Waals surface area contributed by atoms with Gasteiger partial charge in [0.2, 0.25) is 4.77 Å². The van der Waals surface area contributed by atoms with Crippen molar-refractivity contribution < 1.29 is 9.47 Å². The number of rotatable bonds is 8. The zero-order valence-corrected chi connectivity index (χ0v) is 14.0. The summed E-state index contributed by atoms with van der Waals surface area (Å²) in [4.78, 5) is 0. The van der Waals surface area contributed by atoms with Gasteiger partial charge in [-0.2, -0.15) is 5.10 Å². The van der Waals surface area contributed by atoms with E-state index in [0.29, 0.717) is 24.5 Å². The van der Waals surface area contributed by atoms with Crippen molar-refractivity contribution in [3.8, 4) is 11.5 Å². The zero-order valence-electron chi connectivity index (χ0n) is 13.2. The Balaban J connectivity index is 2.14. The van der Waals surface area contributed by atoms with Gasteiger partial charge in [0.15, 0.2) is 17.3 Å². The molecule has 2 rings (SSSR count). The molecule has 120 valence electrons. The highest BCUT2D eigenvalue weighted by Crippen LogP contribution is 2.28. The fraction of sp³-hybridized carbons (Fsp3) is 0.467. The zero-order chi connectivity index (χ0) is 15.9. The minimum Gasteiger partial charge on any atom is -0.490 e. The van der Waals surface area contributed by atoms with Crippen molar-refractivity contribution in [3.63, 3.8) is 0 Å². The molecule has 7 heteroatoms. The Labute approximate surface area is 135 Å². The lowest BCUT2D eigenvalue weighted by atomic mass is 10.2. The van der Waals surface area contributed by atoms with Crippen LogP contribution in [0.1, 0.15) is 32.2 Å². The van der Waals surface area contributed by atoms with Crippen molar-refractivity contribution in [3.05, 3.63) is 34.4 Å². The lowest BCUT2D eigenvalue weighted by Crippen LogP contribution is -2.17. The summed E-state index contributed by atoms with van der Waals surface area (Å²) >= 11 is 5.21. The van der Waals surface area contributed by atoms with Gasteiger partial charge in [-0.3, -0.25) is 5.10 Å². The monoisotopic (exact) mass is 322 g/mol. The van der Waals surface area contributed by atoms with Gasteiger partial charge in [-0.15, -0.1) is 0 Å². The van der Waals surface area contributed by atoms with Crippen molar-refractivity contribution in [1.82, 2.24) is 14.9 Å². The Morgan fingerprint density at radius 2 is 1.91 bits per heavy atom. The number of aromatic amines is 1. The Hall–Kier alpha value is -2.02. The maximum atomic E-state index is 5.64. The molecule has 0 unspecified atom stereocenters.